The van der Waals surface area contributed by atoms with E-state index in [1.807, 2.05) is 24.6 Å². The summed E-state index contributed by atoms with van der Waals surface area (Å²) >= 11 is 3.53. The Morgan fingerprint density at radius 3 is 2.80 bits per heavy atom. The molecule has 2 aromatic heterocycles. The highest BCUT2D eigenvalue weighted by Gasteiger charge is 2.29. The van der Waals surface area contributed by atoms with Gasteiger partial charge in [0.1, 0.15) is 5.76 Å². The number of carbonyl (C=O) groups excluding carboxylic acids is 1. The molecule has 3 atom stereocenters. The minimum atomic E-state index is -0.119. The minimum Gasteiger partial charge on any atom is -0.454 e. The Morgan fingerprint density at radius 2 is 2.12 bits per heavy atom. The van der Waals surface area contributed by atoms with E-state index in [1.54, 1.807) is 6.07 Å². The Labute approximate surface area is 157 Å². The monoisotopic (exact) mass is 407 g/mol. The fraction of sp³-hybridized carbons (Fsp3) is 0.579. The van der Waals surface area contributed by atoms with Crippen molar-refractivity contribution in [2.24, 2.45) is 11.8 Å². The smallest absolute Gasteiger partial charge is 0.287 e. The molecule has 1 N–H and O–H groups in total. The van der Waals surface area contributed by atoms with E-state index < -0.39 is 0 Å². The summed E-state index contributed by atoms with van der Waals surface area (Å²) < 4.78 is 8.66. The van der Waals surface area contributed by atoms with Crippen LogP contribution in [0.25, 0.3) is 0 Å². The van der Waals surface area contributed by atoms with Crippen LogP contribution in [0.5, 0.6) is 0 Å². The van der Waals surface area contributed by atoms with Crippen LogP contribution in [0.3, 0.4) is 0 Å². The molecule has 5 nitrogen and oxygen atoms in total. The van der Waals surface area contributed by atoms with Crippen molar-refractivity contribution >= 4 is 21.8 Å². The van der Waals surface area contributed by atoms with Crippen molar-refractivity contribution < 1.29 is 9.21 Å². The number of nitrogens with one attached hydrogen (secondary N) is 1. The number of carbonyl (C=O) groups is 1. The van der Waals surface area contributed by atoms with Gasteiger partial charge in [0.2, 0.25) is 0 Å². The number of hydrogen-bond donors (Lipinski definition) is 1. The van der Waals surface area contributed by atoms with Gasteiger partial charge in [-0.05, 0) is 60.2 Å². The van der Waals surface area contributed by atoms with Crippen LogP contribution in [0.15, 0.2) is 21.0 Å². The maximum atomic E-state index is 12.5. The van der Waals surface area contributed by atoms with Crippen LogP contribution < -0.4 is 5.32 Å². The van der Waals surface area contributed by atoms with Crippen molar-refractivity contribution in [3.63, 3.8) is 0 Å². The van der Waals surface area contributed by atoms with Gasteiger partial charge in [-0.15, -0.1) is 0 Å². The topological polar surface area (TPSA) is 60.1 Å². The van der Waals surface area contributed by atoms with E-state index in [-0.39, 0.29) is 11.9 Å². The first-order valence-electron chi connectivity index (χ1n) is 8.96. The van der Waals surface area contributed by atoms with Gasteiger partial charge < -0.3 is 9.73 Å². The SMILES string of the molecule is Cc1nn(Cc2ccc(C(=O)N[C@@H]3CCC[C@H](C)[C@@H]3C)o2)c(C)c1Br. The summed E-state index contributed by atoms with van der Waals surface area (Å²) in [5.41, 5.74) is 1.99. The molecule has 2 heterocycles. The number of amides is 1. The number of aryl methyl sites for hydroxylation is 1. The normalized spacial score (nSPS) is 23.6. The first-order valence-corrected chi connectivity index (χ1v) is 9.75. The number of furan rings is 1. The average molecular weight is 408 g/mol. The molecule has 6 heteroatoms. The van der Waals surface area contributed by atoms with E-state index in [0.717, 1.165) is 28.0 Å². The van der Waals surface area contributed by atoms with E-state index in [2.05, 4.69) is 40.2 Å². The number of rotatable bonds is 4. The van der Waals surface area contributed by atoms with Crippen molar-refractivity contribution in [1.82, 2.24) is 15.1 Å². The van der Waals surface area contributed by atoms with Gasteiger partial charge in [0, 0.05) is 6.04 Å². The summed E-state index contributed by atoms with van der Waals surface area (Å²) in [6, 6.07) is 3.84. The standard InChI is InChI=1S/C19H26BrN3O2/c1-11-6-5-7-16(12(11)2)21-19(24)17-9-8-15(25-17)10-23-14(4)18(20)13(3)22-23/h8-9,11-12,16H,5-7,10H2,1-4H3,(H,21,24)/t11-,12-,16+/m0/s1. The summed E-state index contributed by atoms with van der Waals surface area (Å²) in [6.45, 7) is 8.97. The molecule has 0 bridgehead atoms. The van der Waals surface area contributed by atoms with Crippen LogP contribution >= 0.6 is 15.9 Å². The summed E-state index contributed by atoms with van der Waals surface area (Å²) in [5, 5.41) is 7.63. The molecule has 136 valence electrons. The maximum absolute atomic E-state index is 12.5. The van der Waals surface area contributed by atoms with Crippen LogP contribution in [0.1, 0.15) is 60.8 Å². The van der Waals surface area contributed by atoms with Gasteiger partial charge in [-0.2, -0.15) is 5.10 Å². The van der Waals surface area contributed by atoms with Crippen molar-refractivity contribution in [1.29, 1.82) is 0 Å². The highest BCUT2D eigenvalue weighted by molar-refractivity contribution is 9.10. The fourth-order valence-electron chi connectivity index (χ4n) is 3.59. The molecule has 3 rings (SSSR count). The van der Waals surface area contributed by atoms with Gasteiger partial charge in [-0.25, -0.2) is 0 Å². The predicted molar refractivity (Wildman–Crippen MR) is 101 cm³/mol. The number of nitrogens with zero attached hydrogens (tertiary/aromatic N) is 2. The number of aromatic nitrogens is 2. The zero-order chi connectivity index (χ0) is 18.1. The Morgan fingerprint density at radius 1 is 1.36 bits per heavy atom. The molecule has 0 aliphatic heterocycles. The van der Waals surface area contributed by atoms with Crippen molar-refractivity contribution in [2.45, 2.75) is 59.5 Å². The van der Waals surface area contributed by atoms with E-state index in [0.29, 0.717) is 24.1 Å². The van der Waals surface area contributed by atoms with Crippen LogP contribution in [-0.4, -0.2) is 21.7 Å². The first kappa shape index (κ1) is 18.2. The summed E-state index contributed by atoms with van der Waals surface area (Å²) in [7, 11) is 0. The third-order valence-electron chi connectivity index (χ3n) is 5.51. The lowest BCUT2D eigenvalue weighted by molar-refractivity contribution is 0.0861. The van der Waals surface area contributed by atoms with Crippen molar-refractivity contribution in [3.05, 3.63) is 39.5 Å². The van der Waals surface area contributed by atoms with E-state index in [4.69, 9.17) is 4.42 Å². The van der Waals surface area contributed by atoms with Gasteiger partial charge >= 0.3 is 0 Å². The van der Waals surface area contributed by atoms with Crippen molar-refractivity contribution in [3.8, 4) is 0 Å². The molecule has 0 saturated heterocycles. The summed E-state index contributed by atoms with van der Waals surface area (Å²) in [5.74, 6) is 2.14. The Balaban J connectivity index is 1.66. The minimum absolute atomic E-state index is 0.119. The van der Waals surface area contributed by atoms with Gasteiger partial charge in [0.25, 0.3) is 5.91 Å². The van der Waals surface area contributed by atoms with Gasteiger partial charge in [0.15, 0.2) is 5.76 Å². The fourth-order valence-corrected chi connectivity index (χ4v) is 3.87. The highest BCUT2D eigenvalue weighted by Crippen LogP contribution is 2.29. The van der Waals surface area contributed by atoms with Crippen LogP contribution in [0, 0.1) is 25.7 Å². The molecule has 0 aromatic carbocycles. The molecule has 1 aliphatic carbocycles. The molecule has 2 aromatic rings. The van der Waals surface area contributed by atoms with E-state index in [9.17, 15) is 4.79 Å². The first-order chi connectivity index (χ1) is 11.9. The van der Waals surface area contributed by atoms with E-state index in [1.165, 1.54) is 12.8 Å². The summed E-state index contributed by atoms with van der Waals surface area (Å²) in [4.78, 5) is 12.5. The Bertz CT molecular complexity index is 765. The Kier molecular flexibility index (Phi) is 5.37. The molecule has 25 heavy (non-hydrogen) atoms. The number of halogens is 1. The summed E-state index contributed by atoms with van der Waals surface area (Å²) in [6.07, 6.45) is 3.47. The Hall–Kier alpha value is -1.56. The molecular formula is C19H26BrN3O2. The largest absolute Gasteiger partial charge is 0.454 e. The zero-order valence-electron chi connectivity index (χ0n) is 15.3. The molecule has 1 aliphatic rings. The van der Waals surface area contributed by atoms with Crippen LogP contribution in [0.4, 0.5) is 0 Å². The van der Waals surface area contributed by atoms with Crippen LogP contribution in [-0.2, 0) is 6.54 Å². The lowest BCUT2D eigenvalue weighted by Crippen LogP contribution is -2.43. The zero-order valence-corrected chi connectivity index (χ0v) is 16.9. The lowest BCUT2D eigenvalue weighted by Gasteiger charge is -2.34. The molecular weight excluding hydrogens is 382 g/mol. The lowest BCUT2D eigenvalue weighted by atomic mass is 9.78. The third kappa shape index (κ3) is 3.84. The predicted octanol–water partition coefficient (Wildman–Crippen LogP) is 4.46. The second kappa shape index (κ2) is 7.36. The van der Waals surface area contributed by atoms with Crippen molar-refractivity contribution in [2.75, 3.05) is 0 Å². The quantitative estimate of drug-likeness (QED) is 0.813. The third-order valence-corrected chi connectivity index (χ3v) is 6.66. The average Bonchev–Trinajstić information content (AvgIpc) is 3.13. The van der Waals surface area contributed by atoms with Gasteiger partial charge in [-0.3, -0.25) is 9.48 Å². The molecule has 1 amide bonds. The van der Waals surface area contributed by atoms with Gasteiger partial charge in [0.05, 0.1) is 22.4 Å². The second-order valence-corrected chi connectivity index (χ2v) is 8.05. The van der Waals surface area contributed by atoms with Gasteiger partial charge in [-0.1, -0.05) is 26.7 Å². The molecule has 0 radical (unpaired) electrons. The number of hydrogen-bond acceptors (Lipinski definition) is 3. The molecule has 1 fully saturated rings. The molecule has 1 saturated carbocycles. The highest BCUT2D eigenvalue weighted by atomic mass is 79.9. The second-order valence-electron chi connectivity index (χ2n) is 7.26. The van der Waals surface area contributed by atoms with Crippen LogP contribution in [0.2, 0.25) is 0 Å². The molecule has 0 spiro atoms. The maximum Gasteiger partial charge on any atom is 0.287 e. The van der Waals surface area contributed by atoms with E-state index >= 15 is 0 Å². The molecule has 0 unspecified atom stereocenters.